The number of benzene rings is 7. The summed E-state index contributed by atoms with van der Waals surface area (Å²) in [5.41, 5.74) is 22.9. The highest BCUT2D eigenvalue weighted by atomic mass is 14.5. The number of hydrogen-bond donors (Lipinski definition) is 0. The van der Waals surface area contributed by atoms with Crippen LogP contribution in [0.3, 0.4) is 0 Å². The van der Waals surface area contributed by atoms with Gasteiger partial charge in [0, 0.05) is 16.2 Å². The monoisotopic (exact) mass is 668 g/mol. The van der Waals surface area contributed by atoms with Gasteiger partial charge in [0.25, 0.3) is 0 Å². The molecule has 0 N–H and O–H groups in total. The Kier molecular flexibility index (Phi) is 6.11. The van der Waals surface area contributed by atoms with Gasteiger partial charge in [-0.1, -0.05) is 144 Å². The molecule has 1 spiro atoms. The van der Waals surface area contributed by atoms with Crippen LogP contribution in [-0.4, -0.2) is 0 Å². The predicted molar refractivity (Wildman–Crippen MR) is 219 cm³/mol. The average molecular weight is 669 g/mol. The highest BCUT2D eigenvalue weighted by Crippen LogP contribution is 2.63. The normalized spacial score (nSPS) is 17.7. The lowest BCUT2D eigenvalue weighted by Gasteiger charge is -2.36. The summed E-state index contributed by atoms with van der Waals surface area (Å²) in [4.78, 5) is 0. The molecule has 4 aliphatic carbocycles. The van der Waals surface area contributed by atoms with Crippen LogP contribution >= 0.6 is 0 Å². The fourth-order valence-corrected chi connectivity index (χ4v) is 11.2. The Morgan fingerprint density at radius 1 is 0.346 bits per heavy atom. The van der Waals surface area contributed by atoms with Crippen molar-refractivity contribution in [3.8, 4) is 55.6 Å². The Labute approximate surface area is 308 Å². The Morgan fingerprint density at radius 3 is 1.54 bits per heavy atom. The van der Waals surface area contributed by atoms with Crippen LogP contribution in [-0.2, 0) is 16.2 Å². The molecule has 0 bridgehead atoms. The molecule has 0 radical (unpaired) electrons. The first-order valence-corrected chi connectivity index (χ1v) is 19.5. The van der Waals surface area contributed by atoms with E-state index in [1.807, 2.05) is 0 Å². The molecule has 1 fully saturated rings. The van der Waals surface area contributed by atoms with Gasteiger partial charge in [0.15, 0.2) is 0 Å². The fraction of sp³-hybridized carbons (Fsp3) is 0.231. The summed E-state index contributed by atoms with van der Waals surface area (Å²) in [6.45, 7) is 9.82. The molecule has 0 aliphatic heterocycles. The molecule has 0 amide bonds. The molecule has 4 aliphatic rings. The summed E-state index contributed by atoms with van der Waals surface area (Å²) in [5, 5.41) is 2.73. The molecule has 0 heterocycles. The maximum absolute atomic E-state index is 2.69. The zero-order chi connectivity index (χ0) is 35.0. The lowest BCUT2D eigenvalue weighted by atomic mass is 9.67. The molecule has 0 unspecified atom stereocenters. The third-order valence-electron chi connectivity index (χ3n) is 13.9. The zero-order valence-corrected chi connectivity index (χ0v) is 30.7. The quantitative estimate of drug-likeness (QED) is 0.172. The Balaban J connectivity index is 1.14. The van der Waals surface area contributed by atoms with Crippen LogP contribution < -0.4 is 0 Å². The van der Waals surface area contributed by atoms with Gasteiger partial charge in [-0.3, -0.25) is 0 Å². The van der Waals surface area contributed by atoms with Crippen LogP contribution in [0, 0.1) is 0 Å². The van der Waals surface area contributed by atoms with Gasteiger partial charge in [-0.05, 0) is 149 Å². The highest BCUT2D eigenvalue weighted by Gasteiger charge is 2.48. The summed E-state index contributed by atoms with van der Waals surface area (Å²) < 4.78 is 0. The first-order valence-electron chi connectivity index (χ1n) is 19.5. The van der Waals surface area contributed by atoms with Gasteiger partial charge in [-0.15, -0.1) is 0 Å². The summed E-state index contributed by atoms with van der Waals surface area (Å²) >= 11 is 0. The van der Waals surface area contributed by atoms with E-state index in [9.17, 15) is 0 Å². The van der Waals surface area contributed by atoms with Crippen LogP contribution in [0.15, 0.2) is 133 Å². The smallest absolute Gasteiger partial charge is 0.0215 e. The van der Waals surface area contributed by atoms with Crippen LogP contribution in [0.25, 0.3) is 66.4 Å². The van der Waals surface area contributed by atoms with Gasteiger partial charge in [-0.25, -0.2) is 0 Å². The average Bonchev–Trinajstić information content (AvgIpc) is 3.67. The van der Waals surface area contributed by atoms with Crippen molar-refractivity contribution in [2.75, 3.05) is 0 Å². The maximum Gasteiger partial charge on any atom is 0.0215 e. The maximum atomic E-state index is 2.69. The molecule has 0 aromatic heterocycles. The first kappa shape index (κ1) is 30.4. The summed E-state index contributed by atoms with van der Waals surface area (Å²) in [6, 6.07) is 51.4. The standard InChI is InChI=1S/C52H44/c1-50(2)43-26-34(32-16-8-5-9-17-32)22-23-36(43)39-30-46-40(28-44(39)50)41-29-45-42(31-47(41)52(46)24-14-7-15-25-52)49-37-21-13-12-20-35(37)38(27-48(49)51(45,3)4)33-18-10-6-11-19-33/h5-6,8-13,16-23,26-31H,7,14-15,24-25H2,1-4H3. The fourth-order valence-electron chi connectivity index (χ4n) is 11.2. The molecule has 7 aromatic carbocycles. The second kappa shape index (κ2) is 10.4. The molecule has 7 aromatic rings. The molecule has 0 heteroatoms. The summed E-state index contributed by atoms with van der Waals surface area (Å²) in [6.07, 6.45) is 6.39. The van der Waals surface area contributed by atoms with Crippen LogP contribution in [0.4, 0.5) is 0 Å². The third kappa shape index (κ3) is 3.88. The minimum atomic E-state index is -0.115. The topological polar surface area (TPSA) is 0 Å². The van der Waals surface area contributed by atoms with E-state index in [4.69, 9.17) is 0 Å². The first-order chi connectivity index (χ1) is 25.3. The van der Waals surface area contributed by atoms with Gasteiger partial charge in [0.05, 0.1) is 0 Å². The molecular weight excluding hydrogens is 625 g/mol. The van der Waals surface area contributed by atoms with Crippen molar-refractivity contribution >= 4 is 10.8 Å². The molecule has 52 heavy (non-hydrogen) atoms. The Hall–Kier alpha value is -5.20. The van der Waals surface area contributed by atoms with Crippen molar-refractivity contribution in [2.24, 2.45) is 0 Å². The van der Waals surface area contributed by atoms with E-state index in [0.29, 0.717) is 0 Å². The minimum absolute atomic E-state index is 0.0660. The molecule has 0 saturated heterocycles. The van der Waals surface area contributed by atoms with Crippen LogP contribution in [0.5, 0.6) is 0 Å². The van der Waals surface area contributed by atoms with E-state index in [2.05, 4.69) is 161 Å². The van der Waals surface area contributed by atoms with Crippen molar-refractivity contribution in [1.29, 1.82) is 0 Å². The Bertz CT molecular complexity index is 2630. The largest absolute Gasteiger partial charge is 0.0622 e. The second-order valence-corrected chi connectivity index (χ2v) is 17.2. The van der Waals surface area contributed by atoms with E-state index < -0.39 is 0 Å². The van der Waals surface area contributed by atoms with Gasteiger partial charge in [-0.2, -0.15) is 0 Å². The van der Waals surface area contributed by atoms with E-state index in [1.54, 1.807) is 11.1 Å². The van der Waals surface area contributed by atoms with E-state index in [-0.39, 0.29) is 16.2 Å². The van der Waals surface area contributed by atoms with Gasteiger partial charge < -0.3 is 0 Å². The van der Waals surface area contributed by atoms with Crippen molar-refractivity contribution in [3.05, 3.63) is 167 Å². The van der Waals surface area contributed by atoms with Gasteiger partial charge in [0.1, 0.15) is 0 Å². The second-order valence-electron chi connectivity index (χ2n) is 17.2. The molecular formula is C52H44. The lowest BCUT2D eigenvalue weighted by Crippen LogP contribution is -2.28. The number of fused-ring (bicyclic) bond motifs is 13. The van der Waals surface area contributed by atoms with Gasteiger partial charge >= 0.3 is 0 Å². The highest BCUT2D eigenvalue weighted by molar-refractivity contribution is 6.09. The van der Waals surface area contributed by atoms with Gasteiger partial charge in [0.2, 0.25) is 0 Å². The van der Waals surface area contributed by atoms with E-state index >= 15 is 0 Å². The minimum Gasteiger partial charge on any atom is -0.0622 e. The molecule has 1 saturated carbocycles. The van der Waals surface area contributed by atoms with Crippen molar-refractivity contribution in [3.63, 3.8) is 0 Å². The summed E-state index contributed by atoms with van der Waals surface area (Å²) in [5.74, 6) is 0. The molecule has 0 nitrogen and oxygen atoms in total. The van der Waals surface area contributed by atoms with Crippen LogP contribution in [0.2, 0.25) is 0 Å². The predicted octanol–water partition coefficient (Wildman–Crippen LogP) is 14.0. The lowest BCUT2D eigenvalue weighted by molar-refractivity contribution is 0.353. The number of rotatable bonds is 2. The zero-order valence-electron chi connectivity index (χ0n) is 30.7. The molecule has 252 valence electrons. The number of hydrogen-bond acceptors (Lipinski definition) is 0. The van der Waals surface area contributed by atoms with E-state index in [1.165, 1.54) is 121 Å². The molecule has 11 rings (SSSR count). The SMILES string of the molecule is CC1(C)c2cc(-c3ccccc3)ccc2-c2cc3c(cc21)-c1cc2c(cc1C31CCCCC1)-c1c(cc(-c3ccccc3)c3ccccc13)C2(C)C. The van der Waals surface area contributed by atoms with Crippen molar-refractivity contribution in [2.45, 2.75) is 76.0 Å². The van der Waals surface area contributed by atoms with Crippen LogP contribution in [0.1, 0.15) is 93.2 Å². The third-order valence-corrected chi connectivity index (χ3v) is 13.9. The van der Waals surface area contributed by atoms with Crippen molar-refractivity contribution in [1.82, 2.24) is 0 Å². The van der Waals surface area contributed by atoms with E-state index in [0.717, 1.165) is 0 Å². The van der Waals surface area contributed by atoms with Crippen molar-refractivity contribution < 1.29 is 0 Å². The summed E-state index contributed by atoms with van der Waals surface area (Å²) in [7, 11) is 0. The molecule has 0 atom stereocenters. The Morgan fingerprint density at radius 2 is 0.846 bits per heavy atom.